The van der Waals surface area contributed by atoms with Crippen LogP contribution in [-0.2, 0) is 11.3 Å². The highest BCUT2D eigenvalue weighted by Crippen LogP contribution is 2.41. The quantitative estimate of drug-likeness (QED) is 0.365. The third kappa shape index (κ3) is 3.82. The van der Waals surface area contributed by atoms with Crippen LogP contribution in [0.2, 0.25) is 0 Å². The van der Waals surface area contributed by atoms with Crippen LogP contribution in [-0.4, -0.2) is 40.1 Å². The Labute approximate surface area is 194 Å². The Balaban J connectivity index is 1.69. The molecule has 0 atom stereocenters. The number of rotatable bonds is 5. The maximum Gasteiger partial charge on any atom is 0.315 e. The molecule has 5 rings (SSSR count). The molecule has 8 nitrogen and oxygen atoms in total. The van der Waals surface area contributed by atoms with E-state index in [4.69, 9.17) is 9.84 Å². The van der Waals surface area contributed by atoms with Crippen molar-refractivity contribution in [2.45, 2.75) is 6.54 Å². The molecule has 34 heavy (non-hydrogen) atoms. The van der Waals surface area contributed by atoms with Gasteiger partial charge in [-0.3, -0.25) is 9.59 Å². The van der Waals surface area contributed by atoms with E-state index in [2.05, 4.69) is 10.4 Å². The summed E-state index contributed by atoms with van der Waals surface area (Å²) in [7, 11) is 1.51. The van der Waals surface area contributed by atoms with Crippen molar-refractivity contribution in [3.8, 4) is 28.3 Å². The van der Waals surface area contributed by atoms with Gasteiger partial charge in [0.05, 0.1) is 19.2 Å². The number of hydrogen-bond acceptors (Lipinski definition) is 6. The number of halogens is 1. The third-order valence-electron chi connectivity index (χ3n) is 5.51. The molecule has 0 fully saturated rings. The largest absolute Gasteiger partial charge is 0.481 e. The van der Waals surface area contributed by atoms with Crippen LogP contribution in [0.5, 0.6) is 5.88 Å². The van der Waals surface area contributed by atoms with Crippen LogP contribution in [0, 0.1) is 5.82 Å². The Kier molecular flexibility index (Phi) is 5.60. The van der Waals surface area contributed by atoms with Gasteiger partial charge in [-0.15, -0.1) is 0 Å². The van der Waals surface area contributed by atoms with E-state index in [1.165, 1.54) is 24.3 Å². The van der Waals surface area contributed by atoms with Crippen LogP contribution in [0.3, 0.4) is 0 Å². The number of ketones is 1. The lowest BCUT2D eigenvalue weighted by Gasteiger charge is -2.29. The van der Waals surface area contributed by atoms with E-state index in [1.54, 1.807) is 65.5 Å². The molecular weight excluding hydrogens is 437 g/mol. The predicted octanol–water partition coefficient (Wildman–Crippen LogP) is 3.49. The lowest BCUT2D eigenvalue weighted by Crippen LogP contribution is -2.51. The summed E-state index contributed by atoms with van der Waals surface area (Å²) in [6.07, 6.45) is 1.59. The van der Waals surface area contributed by atoms with E-state index in [1.807, 2.05) is 0 Å². The standard InChI is InChI=1S/C25H20FN5O3/c1-34-20-15-18(11-12-27-20)21-22(16-7-9-19(26)10-8-16)29-30-14-13-28-31(24(21)30)25(33)23(32)17-5-3-2-4-6-17/h2-12,15,28H,13-14H2,1H3. The molecule has 9 heteroatoms. The fourth-order valence-corrected chi connectivity index (χ4v) is 3.91. The monoisotopic (exact) mass is 457 g/mol. The zero-order chi connectivity index (χ0) is 23.7. The van der Waals surface area contributed by atoms with E-state index >= 15 is 0 Å². The molecule has 1 aliphatic rings. The highest BCUT2D eigenvalue weighted by Gasteiger charge is 2.34. The van der Waals surface area contributed by atoms with Gasteiger partial charge < -0.3 is 4.74 Å². The molecule has 2 aromatic heterocycles. The average molecular weight is 457 g/mol. The normalized spacial score (nSPS) is 12.8. The number of fused-ring (bicyclic) bond motifs is 1. The molecule has 1 amide bonds. The zero-order valence-corrected chi connectivity index (χ0v) is 18.2. The van der Waals surface area contributed by atoms with Crippen LogP contribution in [0.1, 0.15) is 10.4 Å². The SMILES string of the molecule is COc1cc(-c2c(-c3ccc(F)cc3)nn3c2N(C(=O)C(=O)c2ccccc2)NCC3)ccn1. The van der Waals surface area contributed by atoms with Crippen molar-refractivity contribution < 1.29 is 18.7 Å². The molecule has 0 radical (unpaired) electrons. The second-order valence-electron chi connectivity index (χ2n) is 7.61. The number of methoxy groups -OCH3 is 1. The molecule has 0 unspecified atom stereocenters. The van der Waals surface area contributed by atoms with Crippen molar-refractivity contribution in [3.63, 3.8) is 0 Å². The number of Topliss-reactive ketones (excluding diaryl/α,β-unsaturated/α-hetero) is 1. The van der Waals surface area contributed by atoms with Crippen molar-refractivity contribution in [3.05, 3.63) is 84.3 Å². The number of carbonyl (C=O) groups is 2. The Morgan fingerprint density at radius 2 is 1.79 bits per heavy atom. The Bertz CT molecular complexity index is 1370. The first-order valence-corrected chi connectivity index (χ1v) is 10.6. The van der Waals surface area contributed by atoms with Crippen LogP contribution in [0.15, 0.2) is 72.9 Å². The van der Waals surface area contributed by atoms with E-state index in [9.17, 15) is 14.0 Å². The molecule has 0 bridgehead atoms. The number of benzene rings is 2. The van der Waals surface area contributed by atoms with Crippen molar-refractivity contribution in [1.29, 1.82) is 0 Å². The van der Waals surface area contributed by atoms with Gasteiger partial charge in [0.25, 0.3) is 5.78 Å². The predicted molar refractivity (Wildman–Crippen MR) is 124 cm³/mol. The number of carbonyl (C=O) groups excluding carboxylic acids is 2. The maximum atomic E-state index is 13.6. The minimum absolute atomic E-state index is 0.289. The molecule has 0 saturated carbocycles. The van der Waals surface area contributed by atoms with Crippen LogP contribution < -0.4 is 15.2 Å². The number of aromatic nitrogens is 3. The lowest BCUT2D eigenvalue weighted by molar-refractivity contribution is -0.115. The van der Waals surface area contributed by atoms with Crippen molar-refractivity contribution in [2.24, 2.45) is 0 Å². The molecule has 4 aromatic rings. The molecular formula is C25H20FN5O3. The number of hydrogen-bond donors (Lipinski definition) is 1. The zero-order valence-electron chi connectivity index (χ0n) is 18.2. The summed E-state index contributed by atoms with van der Waals surface area (Å²) < 4.78 is 20.6. The summed E-state index contributed by atoms with van der Waals surface area (Å²) in [5.74, 6) is -0.964. The van der Waals surface area contributed by atoms with Crippen molar-refractivity contribution >= 4 is 17.5 Å². The van der Waals surface area contributed by atoms with Crippen LogP contribution >= 0.6 is 0 Å². The van der Waals surface area contributed by atoms with Crippen LogP contribution in [0.25, 0.3) is 22.4 Å². The number of pyridine rings is 1. The van der Waals surface area contributed by atoms with Gasteiger partial charge in [0.2, 0.25) is 5.88 Å². The fraction of sp³-hybridized carbons (Fsp3) is 0.120. The Morgan fingerprint density at radius 1 is 1.03 bits per heavy atom. The fourth-order valence-electron chi connectivity index (χ4n) is 3.91. The first-order valence-electron chi connectivity index (χ1n) is 10.6. The van der Waals surface area contributed by atoms with E-state index in [0.29, 0.717) is 47.2 Å². The summed E-state index contributed by atoms with van der Waals surface area (Å²) in [6.45, 7) is 0.861. The number of anilines is 1. The van der Waals surface area contributed by atoms with E-state index in [-0.39, 0.29) is 11.4 Å². The first-order chi connectivity index (χ1) is 16.6. The number of hydrazine groups is 1. The minimum Gasteiger partial charge on any atom is -0.481 e. The smallest absolute Gasteiger partial charge is 0.315 e. The van der Waals surface area contributed by atoms with Gasteiger partial charge in [0.15, 0.2) is 5.82 Å². The molecule has 3 heterocycles. The topological polar surface area (TPSA) is 89.4 Å². The first kappa shape index (κ1) is 21.5. The Morgan fingerprint density at radius 3 is 2.53 bits per heavy atom. The lowest BCUT2D eigenvalue weighted by atomic mass is 10.0. The minimum atomic E-state index is -0.736. The summed E-state index contributed by atoms with van der Waals surface area (Å²) >= 11 is 0. The van der Waals surface area contributed by atoms with Gasteiger partial charge in [0.1, 0.15) is 11.5 Å². The second kappa shape index (κ2) is 8.87. The van der Waals surface area contributed by atoms with Gasteiger partial charge in [-0.25, -0.2) is 24.5 Å². The van der Waals surface area contributed by atoms with Gasteiger partial charge in [-0.05, 0) is 35.9 Å². The molecule has 1 N–H and O–H groups in total. The van der Waals surface area contributed by atoms with Crippen molar-refractivity contribution in [2.75, 3.05) is 18.7 Å². The molecule has 0 aliphatic carbocycles. The van der Waals surface area contributed by atoms with Gasteiger partial charge >= 0.3 is 5.91 Å². The maximum absolute atomic E-state index is 13.6. The van der Waals surface area contributed by atoms with Gasteiger partial charge in [-0.1, -0.05) is 30.3 Å². The summed E-state index contributed by atoms with van der Waals surface area (Å²) in [4.78, 5) is 30.5. The number of nitrogens with one attached hydrogen (secondary N) is 1. The number of ether oxygens (including phenoxy) is 1. The Hall–Kier alpha value is -4.37. The molecule has 1 aliphatic heterocycles. The molecule has 170 valence electrons. The van der Waals surface area contributed by atoms with Crippen molar-refractivity contribution in [1.82, 2.24) is 20.2 Å². The van der Waals surface area contributed by atoms with Gasteiger partial charge in [0, 0.05) is 29.9 Å². The average Bonchev–Trinajstić information content (AvgIpc) is 3.28. The number of nitrogens with zero attached hydrogens (tertiary/aromatic N) is 4. The molecule has 0 spiro atoms. The van der Waals surface area contributed by atoms with E-state index < -0.39 is 11.7 Å². The highest BCUT2D eigenvalue weighted by atomic mass is 19.1. The van der Waals surface area contributed by atoms with Gasteiger partial charge in [-0.2, -0.15) is 5.10 Å². The summed E-state index contributed by atoms with van der Waals surface area (Å²) in [5.41, 5.74) is 5.80. The summed E-state index contributed by atoms with van der Waals surface area (Å²) in [6, 6.07) is 17.8. The molecule has 0 saturated heterocycles. The molecule has 2 aromatic carbocycles. The highest BCUT2D eigenvalue weighted by molar-refractivity contribution is 6.47. The second-order valence-corrected chi connectivity index (χ2v) is 7.61. The summed E-state index contributed by atoms with van der Waals surface area (Å²) in [5, 5.41) is 5.97. The third-order valence-corrected chi connectivity index (χ3v) is 5.51. The van der Waals surface area contributed by atoms with E-state index in [0.717, 1.165) is 0 Å². The van der Waals surface area contributed by atoms with Crippen LogP contribution in [0.4, 0.5) is 10.2 Å². The number of amides is 1.